The van der Waals surface area contributed by atoms with Crippen LogP contribution in [0.3, 0.4) is 0 Å². The van der Waals surface area contributed by atoms with E-state index < -0.39 is 4.92 Å². The molecule has 6 nitrogen and oxygen atoms in total. The highest BCUT2D eigenvalue weighted by Gasteiger charge is 2.10. The highest BCUT2D eigenvalue weighted by molar-refractivity contribution is 5.79. The van der Waals surface area contributed by atoms with Gasteiger partial charge < -0.3 is 0 Å². The number of fused-ring (bicyclic) bond motifs is 1. The van der Waals surface area contributed by atoms with Crippen molar-refractivity contribution in [1.29, 1.82) is 0 Å². The van der Waals surface area contributed by atoms with Crippen LogP contribution >= 0.6 is 0 Å². The lowest BCUT2D eigenvalue weighted by molar-refractivity contribution is -0.384. The molecule has 1 aromatic carbocycles. The minimum atomic E-state index is -0.413. The first-order valence-corrected chi connectivity index (χ1v) is 5.27. The maximum absolute atomic E-state index is 10.8. The van der Waals surface area contributed by atoms with Gasteiger partial charge in [-0.2, -0.15) is 0 Å². The number of nitro groups is 1. The molecule has 3 aromatic rings. The van der Waals surface area contributed by atoms with E-state index in [9.17, 15) is 10.1 Å². The first kappa shape index (κ1) is 10.4. The van der Waals surface area contributed by atoms with Crippen molar-refractivity contribution in [3.8, 4) is 5.69 Å². The second-order valence-electron chi connectivity index (χ2n) is 3.75. The van der Waals surface area contributed by atoms with Crippen LogP contribution in [-0.4, -0.2) is 19.5 Å². The molecule has 0 atom stereocenters. The van der Waals surface area contributed by atoms with E-state index in [1.165, 1.54) is 12.1 Å². The molecule has 0 aliphatic carbocycles. The third-order valence-electron chi connectivity index (χ3n) is 2.68. The van der Waals surface area contributed by atoms with Crippen LogP contribution < -0.4 is 0 Å². The second-order valence-corrected chi connectivity index (χ2v) is 3.75. The third kappa shape index (κ3) is 1.60. The van der Waals surface area contributed by atoms with E-state index in [4.69, 9.17) is 0 Å². The van der Waals surface area contributed by atoms with Crippen molar-refractivity contribution >= 4 is 16.7 Å². The van der Waals surface area contributed by atoms with E-state index in [1.807, 2.05) is 12.1 Å². The average molecular weight is 240 g/mol. The summed E-state index contributed by atoms with van der Waals surface area (Å²) in [4.78, 5) is 18.5. The molecule has 6 heteroatoms. The van der Waals surface area contributed by atoms with Gasteiger partial charge in [0.25, 0.3) is 5.69 Å². The fourth-order valence-corrected chi connectivity index (χ4v) is 1.82. The molecule has 0 bridgehead atoms. The molecular weight excluding hydrogens is 232 g/mol. The van der Waals surface area contributed by atoms with E-state index >= 15 is 0 Å². The molecule has 0 amide bonds. The minimum absolute atomic E-state index is 0.0540. The van der Waals surface area contributed by atoms with Gasteiger partial charge >= 0.3 is 0 Å². The van der Waals surface area contributed by atoms with Crippen molar-refractivity contribution in [1.82, 2.24) is 14.5 Å². The van der Waals surface area contributed by atoms with Crippen LogP contribution in [0.2, 0.25) is 0 Å². The summed E-state index contributed by atoms with van der Waals surface area (Å²) in [5.41, 5.74) is 2.35. The lowest BCUT2D eigenvalue weighted by atomic mass is 10.2. The largest absolute Gasteiger partial charge is 0.298 e. The van der Waals surface area contributed by atoms with Crippen molar-refractivity contribution in [2.75, 3.05) is 0 Å². The number of rotatable bonds is 2. The van der Waals surface area contributed by atoms with Crippen molar-refractivity contribution in [2.24, 2.45) is 0 Å². The summed E-state index contributed by atoms with van der Waals surface area (Å²) < 4.78 is 1.80. The zero-order chi connectivity index (χ0) is 12.5. The van der Waals surface area contributed by atoms with Gasteiger partial charge in [0.1, 0.15) is 6.33 Å². The molecular formula is C12H8N4O2. The van der Waals surface area contributed by atoms with Crippen LogP contribution in [0.4, 0.5) is 5.69 Å². The predicted molar refractivity (Wildman–Crippen MR) is 65.5 cm³/mol. The van der Waals surface area contributed by atoms with Gasteiger partial charge in [-0.25, -0.2) is 4.98 Å². The predicted octanol–water partition coefficient (Wildman–Crippen LogP) is 2.33. The maximum atomic E-state index is 10.8. The van der Waals surface area contributed by atoms with Crippen molar-refractivity contribution in [3.63, 3.8) is 0 Å². The quantitative estimate of drug-likeness (QED) is 0.509. The first-order chi connectivity index (χ1) is 8.75. The highest BCUT2D eigenvalue weighted by Crippen LogP contribution is 2.22. The zero-order valence-electron chi connectivity index (χ0n) is 9.22. The number of aromatic nitrogens is 3. The van der Waals surface area contributed by atoms with Crippen molar-refractivity contribution < 1.29 is 4.92 Å². The summed E-state index contributed by atoms with van der Waals surface area (Å²) >= 11 is 0. The molecule has 2 heterocycles. The lowest BCUT2D eigenvalue weighted by Crippen LogP contribution is -1.93. The Kier molecular flexibility index (Phi) is 2.26. The monoisotopic (exact) mass is 240 g/mol. The Balaban J connectivity index is 2.24. The van der Waals surface area contributed by atoms with Gasteiger partial charge in [-0.15, -0.1) is 0 Å². The number of hydrogen-bond donors (Lipinski definition) is 0. The van der Waals surface area contributed by atoms with Crippen LogP contribution in [0.5, 0.6) is 0 Å². The molecule has 0 saturated heterocycles. The number of benzene rings is 1. The van der Waals surface area contributed by atoms with E-state index in [-0.39, 0.29) is 5.69 Å². The number of pyridine rings is 1. The third-order valence-corrected chi connectivity index (χ3v) is 2.68. The van der Waals surface area contributed by atoms with Gasteiger partial charge in [0.15, 0.2) is 0 Å². The molecule has 0 N–H and O–H groups in total. The number of nitrogens with zero attached hydrogens (tertiary/aromatic N) is 4. The summed E-state index contributed by atoms with van der Waals surface area (Å²) in [5, 5.41) is 10.8. The van der Waals surface area contributed by atoms with E-state index in [2.05, 4.69) is 9.97 Å². The Bertz CT molecular complexity index is 721. The van der Waals surface area contributed by atoms with E-state index in [1.54, 1.807) is 29.4 Å². The van der Waals surface area contributed by atoms with Gasteiger partial charge in [0.05, 0.1) is 21.6 Å². The fourth-order valence-electron chi connectivity index (χ4n) is 1.82. The fraction of sp³-hybridized carbons (Fsp3) is 0. The Morgan fingerprint density at radius 3 is 2.67 bits per heavy atom. The first-order valence-electron chi connectivity index (χ1n) is 5.27. The topological polar surface area (TPSA) is 73.8 Å². The molecule has 0 radical (unpaired) electrons. The van der Waals surface area contributed by atoms with Gasteiger partial charge in [-0.05, 0) is 18.2 Å². The molecule has 0 saturated carbocycles. The molecule has 88 valence electrons. The summed E-state index contributed by atoms with van der Waals surface area (Å²) in [5.74, 6) is 0. The molecule has 0 spiro atoms. The molecule has 0 unspecified atom stereocenters. The van der Waals surface area contributed by atoms with Crippen LogP contribution in [-0.2, 0) is 0 Å². The van der Waals surface area contributed by atoms with Gasteiger partial charge in [0, 0.05) is 24.5 Å². The Morgan fingerprint density at radius 2 is 1.94 bits per heavy atom. The number of hydrogen-bond acceptors (Lipinski definition) is 4. The van der Waals surface area contributed by atoms with Crippen LogP contribution in [0.25, 0.3) is 16.7 Å². The van der Waals surface area contributed by atoms with Crippen LogP contribution in [0, 0.1) is 10.1 Å². The molecule has 0 aliphatic heterocycles. The highest BCUT2D eigenvalue weighted by atomic mass is 16.6. The number of nitro benzene ring substituents is 1. The smallest absolute Gasteiger partial charge is 0.271 e. The number of non-ortho nitro benzene ring substituents is 1. The normalized spacial score (nSPS) is 10.7. The number of imidazole rings is 1. The maximum Gasteiger partial charge on any atom is 0.271 e. The summed E-state index contributed by atoms with van der Waals surface area (Å²) in [6, 6.07) is 8.25. The minimum Gasteiger partial charge on any atom is -0.298 e. The summed E-state index contributed by atoms with van der Waals surface area (Å²) in [7, 11) is 0. The SMILES string of the molecule is O=[N+]([O-])c1ccc2ncn(-c3ccncc3)c2c1. The van der Waals surface area contributed by atoms with E-state index in [0.717, 1.165) is 11.2 Å². The Hall–Kier alpha value is -2.76. The van der Waals surface area contributed by atoms with Gasteiger partial charge in [0.2, 0.25) is 0 Å². The molecule has 2 aromatic heterocycles. The lowest BCUT2D eigenvalue weighted by Gasteiger charge is -2.02. The van der Waals surface area contributed by atoms with Crippen LogP contribution in [0.1, 0.15) is 0 Å². The standard InChI is InChI=1S/C12H8N4O2/c17-16(18)10-1-2-11-12(7-10)15(8-14-11)9-3-5-13-6-4-9/h1-8H. The molecule has 18 heavy (non-hydrogen) atoms. The molecule has 0 aliphatic rings. The van der Waals surface area contributed by atoms with E-state index in [0.29, 0.717) is 5.52 Å². The Morgan fingerprint density at radius 1 is 1.17 bits per heavy atom. The Labute approximate surface area is 102 Å². The molecule has 0 fully saturated rings. The van der Waals surface area contributed by atoms with Gasteiger partial charge in [-0.3, -0.25) is 19.7 Å². The van der Waals surface area contributed by atoms with Crippen molar-refractivity contribution in [3.05, 3.63) is 59.2 Å². The zero-order valence-corrected chi connectivity index (χ0v) is 9.22. The molecule has 3 rings (SSSR count). The summed E-state index contributed by atoms with van der Waals surface area (Å²) in [6.45, 7) is 0. The van der Waals surface area contributed by atoms with Crippen molar-refractivity contribution in [2.45, 2.75) is 0 Å². The summed E-state index contributed by atoms with van der Waals surface area (Å²) in [6.07, 6.45) is 4.97. The second kappa shape index (κ2) is 3.92. The average Bonchev–Trinajstić information content (AvgIpc) is 2.82. The van der Waals surface area contributed by atoms with Gasteiger partial charge in [-0.1, -0.05) is 0 Å². The van der Waals surface area contributed by atoms with Crippen LogP contribution in [0.15, 0.2) is 49.1 Å².